The Labute approximate surface area is 74.8 Å². The normalized spacial score (nSPS) is 10.8. The molecule has 0 aliphatic carbocycles. The minimum absolute atomic E-state index is 0.613. The third kappa shape index (κ3) is 1.84. The molecule has 0 bridgehead atoms. The average molecular weight is 163 g/mol. The van der Waals surface area contributed by atoms with Crippen molar-refractivity contribution in [3.8, 4) is 0 Å². The second-order valence-corrected chi connectivity index (χ2v) is 3.53. The Kier molecular flexibility index (Phi) is 2.85. The van der Waals surface area contributed by atoms with Crippen LogP contribution in [-0.4, -0.2) is 4.98 Å². The summed E-state index contributed by atoms with van der Waals surface area (Å²) >= 11 is 0. The monoisotopic (exact) mass is 163 g/mol. The van der Waals surface area contributed by atoms with Crippen molar-refractivity contribution < 1.29 is 0 Å². The predicted molar refractivity (Wildman–Crippen MR) is 52.4 cm³/mol. The van der Waals surface area contributed by atoms with Crippen LogP contribution in [0.1, 0.15) is 43.5 Å². The molecule has 1 nitrogen and oxygen atoms in total. The van der Waals surface area contributed by atoms with Gasteiger partial charge in [0.15, 0.2) is 0 Å². The lowest BCUT2D eigenvalue weighted by molar-refractivity contribution is 0.834. The minimum atomic E-state index is 0.613. The van der Waals surface area contributed by atoms with Crippen LogP contribution in [-0.2, 0) is 6.42 Å². The topological polar surface area (TPSA) is 12.9 Å². The molecule has 0 spiro atoms. The average Bonchev–Trinajstić information content (AvgIpc) is 2.04. The Morgan fingerprint density at radius 1 is 1.42 bits per heavy atom. The van der Waals surface area contributed by atoms with Gasteiger partial charge in [0.25, 0.3) is 0 Å². The molecule has 0 fully saturated rings. The van der Waals surface area contributed by atoms with Gasteiger partial charge in [0, 0.05) is 11.9 Å². The number of aryl methyl sites for hydroxylation is 2. The summed E-state index contributed by atoms with van der Waals surface area (Å²) in [6, 6.07) is 2.20. The van der Waals surface area contributed by atoms with Crippen LogP contribution in [0.4, 0.5) is 0 Å². The van der Waals surface area contributed by atoms with Gasteiger partial charge in [-0.2, -0.15) is 0 Å². The van der Waals surface area contributed by atoms with E-state index in [9.17, 15) is 0 Å². The van der Waals surface area contributed by atoms with Gasteiger partial charge >= 0.3 is 0 Å². The highest BCUT2D eigenvalue weighted by Crippen LogP contribution is 2.19. The van der Waals surface area contributed by atoms with Crippen LogP contribution in [0, 0.1) is 6.92 Å². The van der Waals surface area contributed by atoms with Crippen LogP contribution in [0.25, 0.3) is 0 Å². The van der Waals surface area contributed by atoms with Crippen molar-refractivity contribution in [3.05, 3.63) is 29.1 Å². The molecule has 0 aliphatic heterocycles. The summed E-state index contributed by atoms with van der Waals surface area (Å²) in [5, 5.41) is 0. The van der Waals surface area contributed by atoms with E-state index in [1.54, 1.807) is 0 Å². The van der Waals surface area contributed by atoms with Gasteiger partial charge in [0.1, 0.15) is 0 Å². The van der Waals surface area contributed by atoms with Gasteiger partial charge in [-0.15, -0.1) is 0 Å². The van der Waals surface area contributed by atoms with Crippen molar-refractivity contribution in [2.24, 2.45) is 0 Å². The first-order valence-electron chi connectivity index (χ1n) is 4.60. The van der Waals surface area contributed by atoms with E-state index < -0.39 is 0 Å². The maximum atomic E-state index is 4.29. The van der Waals surface area contributed by atoms with E-state index in [0.29, 0.717) is 5.92 Å². The lowest BCUT2D eigenvalue weighted by atomic mass is 9.97. The fourth-order valence-corrected chi connectivity index (χ4v) is 1.44. The molecule has 0 N–H and O–H groups in total. The van der Waals surface area contributed by atoms with Crippen LogP contribution >= 0.6 is 0 Å². The van der Waals surface area contributed by atoms with E-state index in [2.05, 4.69) is 31.8 Å². The molecular formula is C11H17N. The lowest BCUT2D eigenvalue weighted by Crippen LogP contribution is -1.97. The Hall–Kier alpha value is -0.850. The van der Waals surface area contributed by atoms with Gasteiger partial charge in [0.05, 0.1) is 0 Å². The molecule has 0 saturated carbocycles. The highest BCUT2D eigenvalue weighted by molar-refractivity contribution is 5.28. The molecule has 1 heteroatoms. The second-order valence-electron chi connectivity index (χ2n) is 3.53. The molecule has 1 aromatic heterocycles. The van der Waals surface area contributed by atoms with Crippen molar-refractivity contribution >= 4 is 0 Å². The first-order valence-corrected chi connectivity index (χ1v) is 4.60. The van der Waals surface area contributed by atoms with Gasteiger partial charge in [-0.3, -0.25) is 4.98 Å². The van der Waals surface area contributed by atoms with Crippen molar-refractivity contribution in [1.82, 2.24) is 4.98 Å². The highest BCUT2D eigenvalue weighted by Gasteiger charge is 2.05. The maximum Gasteiger partial charge on any atom is 0.0375 e. The molecule has 0 atom stereocenters. The number of aromatic nitrogens is 1. The van der Waals surface area contributed by atoms with E-state index in [4.69, 9.17) is 0 Å². The van der Waals surface area contributed by atoms with Crippen molar-refractivity contribution in [2.75, 3.05) is 0 Å². The summed E-state index contributed by atoms with van der Waals surface area (Å²) in [6.45, 7) is 8.69. The molecule has 0 aliphatic rings. The molecule has 12 heavy (non-hydrogen) atoms. The quantitative estimate of drug-likeness (QED) is 0.653. The molecule has 1 rings (SSSR count). The van der Waals surface area contributed by atoms with Crippen LogP contribution in [0.5, 0.6) is 0 Å². The van der Waals surface area contributed by atoms with E-state index >= 15 is 0 Å². The zero-order chi connectivity index (χ0) is 9.14. The third-order valence-corrected chi connectivity index (χ3v) is 2.16. The summed E-state index contributed by atoms with van der Waals surface area (Å²) in [5.41, 5.74) is 3.96. The maximum absolute atomic E-state index is 4.29. The highest BCUT2D eigenvalue weighted by atomic mass is 14.7. The summed E-state index contributed by atoms with van der Waals surface area (Å²) in [7, 11) is 0. The standard InChI is InChI=1S/C11H17N/c1-5-10-7-12-9(4)6-11(10)8(2)3/h6-8H,5H2,1-4H3. The Bertz CT molecular complexity index is 264. The summed E-state index contributed by atoms with van der Waals surface area (Å²) in [4.78, 5) is 4.29. The van der Waals surface area contributed by atoms with E-state index in [0.717, 1.165) is 12.1 Å². The van der Waals surface area contributed by atoms with Crippen LogP contribution in [0.3, 0.4) is 0 Å². The first-order chi connectivity index (χ1) is 5.65. The zero-order valence-corrected chi connectivity index (χ0v) is 8.39. The molecule has 0 aromatic carbocycles. The smallest absolute Gasteiger partial charge is 0.0375 e. The van der Waals surface area contributed by atoms with Gasteiger partial charge < -0.3 is 0 Å². The van der Waals surface area contributed by atoms with Gasteiger partial charge in [-0.1, -0.05) is 20.8 Å². The molecule has 0 amide bonds. The Morgan fingerprint density at radius 3 is 2.58 bits per heavy atom. The predicted octanol–water partition coefficient (Wildman–Crippen LogP) is 3.08. The largest absolute Gasteiger partial charge is 0.261 e. The van der Waals surface area contributed by atoms with E-state index in [1.165, 1.54) is 11.1 Å². The Balaban J connectivity index is 3.12. The minimum Gasteiger partial charge on any atom is -0.261 e. The van der Waals surface area contributed by atoms with Crippen molar-refractivity contribution in [1.29, 1.82) is 0 Å². The van der Waals surface area contributed by atoms with Gasteiger partial charge in [0.2, 0.25) is 0 Å². The number of nitrogens with zero attached hydrogens (tertiary/aromatic N) is 1. The zero-order valence-electron chi connectivity index (χ0n) is 8.39. The fourth-order valence-electron chi connectivity index (χ4n) is 1.44. The molecule has 1 aromatic rings. The third-order valence-electron chi connectivity index (χ3n) is 2.16. The summed E-state index contributed by atoms with van der Waals surface area (Å²) in [6.07, 6.45) is 3.09. The number of rotatable bonds is 2. The van der Waals surface area contributed by atoms with Gasteiger partial charge in [-0.25, -0.2) is 0 Å². The van der Waals surface area contributed by atoms with Crippen LogP contribution < -0.4 is 0 Å². The molecule has 0 unspecified atom stereocenters. The molecule has 0 saturated heterocycles. The number of pyridine rings is 1. The number of hydrogen-bond donors (Lipinski definition) is 0. The second kappa shape index (κ2) is 3.70. The van der Waals surface area contributed by atoms with Crippen molar-refractivity contribution in [3.63, 3.8) is 0 Å². The van der Waals surface area contributed by atoms with Crippen molar-refractivity contribution in [2.45, 2.75) is 40.0 Å². The summed E-state index contributed by atoms with van der Waals surface area (Å²) in [5.74, 6) is 0.613. The molecular weight excluding hydrogens is 146 g/mol. The molecule has 66 valence electrons. The fraction of sp³-hybridized carbons (Fsp3) is 0.545. The molecule has 1 heterocycles. The van der Waals surface area contributed by atoms with E-state index in [1.807, 2.05) is 13.1 Å². The number of hydrogen-bond acceptors (Lipinski definition) is 1. The molecule has 0 radical (unpaired) electrons. The lowest BCUT2D eigenvalue weighted by Gasteiger charge is -2.11. The van der Waals surface area contributed by atoms with E-state index in [-0.39, 0.29) is 0 Å². The SMILES string of the molecule is CCc1cnc(C)cc1C(C)C. The first kappa shape index (κ1) is 9.24. The van der Waals surface area contributed by atoms with Crippen LogP contribution in [0.15, 0.2) is 12.3 Å². The van der Waals surface area contributed by atoms with Gasteiger partial charge in [-0.05, 0) is 36.5 Å². The summed E-state index contributed by atoms with van der Waals surface area (Å²) < 4.78 is 0. The Morgan fingerprint density at radius 2 is 2.08 bits per heavy atom. The van der Waals surface area contributed by atoms with Crippen LogP contribution in [0.2, 0.25) is 0 Å².